The van der Waals surface area contributed by atoms with Crippen molar-refractivity contribution in [2.75, 3.05) is 20.6 Å². The Balaban J connectivity index is 1.88. The minimum atomic E-state index is 0.400. The van der Waals surface area contributed by atoms with Gasteiger partial charge in [-0.15, -0.1) is 0 Å². The molecule has 1 fully saturated rings. The molecule has 2 nitrogen and oxygen atoms in total. The number of benzene rings is 1. The van der Waals surface area contributed by atoms with Crippen molar-refractivity contribution in [3.63, 3.8) is 0 Å². The van der Waals surface area contributed by atoms with E-state index < -0.39 is 0 Å². The largest absolute Gasteiger partial charge is 0.311 e. The second-order valence-electron chi connectivity index (χ2n) is 5.67. The molecule has 0 atom stereocenters. The molecule has 1 aliphatic carbocycles. The predicted molar refractivity (Wildman–Crippen MR) is 80.9 cm³/mol. The Morgan fingerprint density at radius 2 is 2.06 bits per heavy atom. The molecule has 1 N–H and O–H groups in total. The third kappa shape index (κ3) is 2.95. The van der Waals surface area contributed by atoms with E-state index in [1.54, 1.807) is 0 Å². The van der Waals surface area contributed by atoms with Gasteiger partial charge in [-0.25, -0.2) is 0 Å². The molecular weight excluding hydrogens is 288 g/mol. The number of nitrogens with one attached hydrogen (secondary N) is 1. The van der Waals surface area contributed by atoms with Crippen LogP contribution in [0.15, 0.2) is 22.7 Å². The zero-order chi connectivity index (χ0) is 13.2. The topological polar surface area (TPSA) is 15.3 Å². The molecule has 1 aliphatic rings. The van der Waals surface area contributed by atoms with Crippen LogP contribution in [0.3, 0.4) is 0 Å². The molecule has 0 aromatic heterocycles. The molecule has 0 radical (unpaired) electrons. The first-order valence-electron chi connectivity index (χ1n) is 6.67. The molecule has 0 bridgehead atoms. The van der Waals surface area contributed by atoms with Crippen molar-refractivity contribution >= 4 is 15.9 Å². The van der Waals surface area contributed by atoms with Crippen molar-refractivity contribution in [2.45, 2.75) is 38.3 Å². The summed E-state index contributed by atoms with van der Waals surface area (Å²) < 4.78 is 1.21. The molecule has 0 saturated heterocycles. The second-order valence-corrected chi connectivity index (χ2v) is 6.53. The van der Waals surface area contributed by atoms with Crippen molar-refractivity contribution in [3.8, 4) is 0 Å². The van der Waals surface area contributed by atoms with Gasteiger partial charge in [0.25, 0.3) is 0 Å². The molecule has 100 valence electrons. The lowest BCUT2D eigenvalue weighted by Crippen LogP contribution is -2.56. The van der Waals surface area contributed by atoms with Crippen molar-refractivity contribution < 1.29 is 0 Å². The highest BCUT2D eigenvalue weighted by Crippen LogP contribution is 2.35. The summed E-state index contributed by atoms with van der Waals surface area (Å²) in [5.74, 6) is 0. The Kier molecular flexibility index (Phi) is 4.46. The van der Waals surface area contributed by atoms with Gasteiger partial charge < -0.3 is 10.2 Å². The maximum Gasteiger partial charge on any atom is 0.0328 e. The Hall–Kier alpha value is -0.380. The van der Waals surface area contributed by atoms with E-state index in [0.717, 1.165) is 13.1 Å². The minimum Gasteiger partial charge on any atom is -0.311 e. The monoisotopic (exact) mass is 310 g/mol. The summed E-state index contributed by atoms with van der Waals surface area (Å²) in [6.45, 7) is 4.15. The molecule has 0 unspecified atom stereocenters. The van der Waals surface area contributed by atoms with Crippen LogP contribution in [0.2, 0.25) is 0 Å². The fourth-order valence-corrected chi connectivity index (χ4v) is 3.23. The molecule has 0 spiro atoms. The highest BCUT2D eigenvalue weighted by Gasteiger charge is 2.38. The number of aryl methyl sites for hydroxylation is 1. The Labute approximate surface area is 119 Å². The number of hydrogen-bond acceptors (Lipinski definition) is 2. The van der Waals surface area contributed by atoms with Crippen molar-refractivity contribution in [1.29, 1.82) is 0 Å². The van der Waals surface area contributed by atoms with Gasteiger partial charge in [-0.2, -0.15) is 0 Å². The summed E-state index contributed by atoms with van der Waals surface area (Å²) >= 11 is 3.64. The van der Waals surface area contributed by atoms with Crippen LogP contribution >= 0.6 is 15.9 Å². The number of likely N-dealkylation sites (N-methyl/N-ethyl adjacent to an activating group) is 1. The molecule has 1 saturated carbocycles. The van der Waals surface area contributed by atoms with Gasteiger partial charge in [-0.1, -0.05) is 28.1 Å². The zero-order valence-electron chi connectivity index (χ0n) is 11.6. The minimum absolute atomic E-state index is 0.400. The van der Waals surface area contributed by atoms with Gasteiger partial charge in [0.2, 0.25) is 0 Å². The quantitative estimate of drug-likeness (QED) is 0.897. The molecule has 2 rings (SSSR count). The highest BCUT2D eigenvalue weighted by molar-refractivity contribution is 9.10. The van der Waals surface area contributed by atoms with Gasteiger partial charge in [-0.3, -0.25) is 0 Å². The SMILES string of the molecule is Cc1ccc(CNCC2(N(C)C)CCC2)c(Br)c1. The lowest BCUT2D eigenvalue weighted by molar-refractivity contribution is 0.0598. The van der Waals surface area contributed by atoms with Crippen LogP contribution < -0.4 is 5.32 Å². The molecule has 0 aliphatic heterocycles. The number of rotatable bonds is 5. The van der Waals surface area contributed by atoms with Crippen molar-refractivity contribution in [1.82, 2.24) is 10.2 Å². The standard InChI is InChI=1S/C15H23BrN2/c1-12-5-6-13(14(16)9-12)10-17-11-15(18(2)3)7-4-8-15/h5-6,9,17H,4,7-8,10-11H2,1-3H3. The first-order valence-corrected chi connectivity index (χ1v) is 7.46. The maximum atomic E-state index is 3.64. The van der Waals surface area contributed by atoms with E-state index in [1.807, 2.05) is 0 Å². The first-order chi connectivity index (χ1) is 8.53. The van der Waals surface area contributed by atoms with E-state index in [0.29, 0.717) is 5.54 Å². The van der Waals surface area contributed by atoms with Crippen LogP contribution in [-0.4, -0.2) is 31.1 Å². The molecule has 18 heavy (non-hydrogen) atoms. The van der Waals surface area contributed by atoms with E-state index in [-0.39, 0.29) is 0 Å². The van der Waals surface area contributed by atoms with E-state index in [1.165, 1.54) is 34.9 Å². The third-order valence-corrected chi connectivity index (χ3v) is 4.95. The molecule has 0 amide bonds. The van der Waals surface area contributed by atoms with Crippen molar-refractivity contribution in [2.24, 2.45) is 0 Å². The lowest BCUT2D eigenvalue weighted by Gasteiger charge is -2.47. The first kappa shape index (κ1) is 14.0. The average Bonchev–Trinajstić information content (AvgIpc) is 2.24. The Morgan fingerprint density at radius 3 is 2.56 bits per heavy atom. The van der Waals surface area contributed by atoms with E-state index in [4.69, 9.17) is 0 Å². The Bertz CT molecular complexity index is 411. The molecule has 1 aromatic carbocycles. The van der Waals surface area contributed by atoms with Crippen LogP contribution in [0.5, 0.6) is 0 Å². The summed E-state index contributed by atoms with van der Waals surface area (Å²) in [4.78, 5) is 2.38. The molecule has 1 aromatic rings. The third-order valence-electron chi connectivity index (χ3n) is 4.21. The summed E-state index contributed by atoms with van der Waals surface area (Å²) in [5.41, 5.74) is 3.04. The van der Waals surface area contributed by atoms with Crippen LogP contribution in [0.25, 0.3) is 0 Å². The van der Waals surface area contributed by atoms with E-state index in [9.17, 15) is 0 Å². The number of halogens is 1. The van der Waals surface area contributed by atoms with Crippen LogP contribution in [0.4, 0.5) is 0 Å². The average molecular weight is 311 g/mol. The maximum absolute atomic E-state index is 3.64. The zero-order valence-corrected chi connectivity index (χ0v) is 13.2. The fourth-order valence-electron chi connectivity index (χ4n) is 2.59. The van der Waals surface area contributed by atoms with Gasteiger partial charge in [0, 0.05) is 23.1 Å². The summed E-state index contributed by atoms with van der Waals surface area (Å²) in [6, 6.07) is 6.56. The summed E-state index contributed by atoms with van der Waals surface area (Å²) in [5, 5.41) is 3.61. The van der Waals surface area contributed by atoms with Crippen LogP contribution in [-0.2, 0) is 6.54 Å². The molecular formula is C15H23BrN2. The molecule has 3 heteroatoms. The smallest absolute Gasteiger partial charge is 0.0328 e. The second kappa shape index (κ2) is 5.72. The summed E-state index contributed by atoms with van der Waals surface area (Å²) in [6.07, 6.45) is 4.01. The van der Waals surface area contributed by atoms with Gasteiger partial charge in [0.15, 0.2) is 0 Å². The predicted octanol–water partition coefficient (Wildman–Crippen LogP) is 3.33. The van der Waals surface area contributed by atoms with E-state index in [2.05, 4.69) is 65.4 Å². The van der Waals surface area contributed by atoms with E-state index >= 15 is 0 Å². The lowest BCUT2D eigenvalue weighted by atomic mass is 9.75. The number of nitrogens with zero attached hydrogens (tertiary/aromatic N) is 1. The van der Waals surface area contributed by atoms with Crippen LogP contribution in [0.1, 0.15) is 30.4 Å². The van der Waals surface area contributed by atoms with Crippen LogP contribution in [0, 0.1) is 6.92 Å². The van der Waals surface area contributed by atoms with Gasteiger partial charge >= 0.3 is 0 Å². The highest BCUT2D eigenvalue weighted by atomic mass is 79.9. The molecule has 0 heterocycles. The van der Waals surface area contributed by atoms with Crippen molar-refractivity contribution in [3.05, 3.63) is 33.8 Å². The van der Waals surface area contributed by atoms with Gasteiger partial charge in [-0.05, 0) is 57.5 Å². The Morgan fingerprint density at radius 1 is 1.33 bits per heavy atom. The normalized spacial score (nSPS) is 17.8. The van der Waals surface area contributed by atoms with Gasteiger partial charge in [0.05, 0.1) is 0 Å². The fraction of sp³-hybridized carbons (Fsp3) is 0.600. The summed E-state index contributed by atoms with van der Waals surface area (Å²) in [7, 11) is 4.39. The van der Waals surface area contributed by atoms with Gasteiger partial charge in [0.1, 0.15) is 0 Å². The number of hydrogen-bond donors (Lipinski definition) is 1.